The number of aryl methyl sites for hydroxylation is 2. The molecule has 0 amide bonds. The maximum atomic E-state index is 10.8. The van der Waals surface area contributed by atoms with Gasteiger partial charge in [0.05, 0.1) is 15.4 Å². The van der Waals surface area contributed by atoms with Gasteiger partial charge in [0.1, 0.15) is 0 Å². The normalized spacial score (nSPS) is 11.3. The molecule has 0 saturated heterocycles. The Kier molecular flexibility index (Phi) is 8.65. The van der Waals surface area contributed by atoms with Crippen LogP contribution in [0, 0.1) is 20.2 Å². The van der Waals surface area contributed by atoms with Crippen LogP contribution in [0.4, 0.5) is 17.1 Å². The van der Waals surface area contributed by atoms with Gasteiger partial charge in [-0.15, -0.1) is 0 Å². The predicted octanol–water partition coefficient (Wildman–Crippen LogP) is 4.52. The van der Waals surface area contributed by atoms with E-state index >= 15 is 0 Å². The van der Waals surface area contributed by atoms with E-state index in [0.717, 1.165) is 40.7 Å². The first-order valence-electron chi connectivity index (χ1n) is 9.53. The number of hydrogen-bond donors (Lipinski definition) is 2. The summed E-state index contributed by atoms with van der Waals surface area (Å²) in [5, 5.41) is 25.7. The van der Waals surface area contributed by atoms with Gasteiger partial charge >= 0.3 is 22.5 Å². The molecular weight excluding hydrogens is 447 g/mol. The van der Waals surface area contributed by atoms with E-state index in [-0.39, 0.29) is 21.2 Å². The number of H-pyrrole nitrogens is 1. The summed E-state index contributed by atoms with van der Waals surface area (Å²) in [6, 6.07) is 8.98. The molecule has 2 N–H and O–H groups in total. The van der Waals surface area contributed by atoms with Crippen LogP contribution in [0.25, 0.3) is 10.9 Å². The maximum absolute atomic E-state index is 10.8. The van der Waals surface area contributed by atoms with Crippen molar-refractivity contribution < 1.29 is 32.3 Å². The fourth-order valence-corrected chi connectivity index (χ4v) is 3.43. The number of hydrogen-bond acceptors (Lipinski definition) is 7. The average molecular weight is 469 g/mol. The Morgan fingerprint density at radius 1 is 0.968 bits per heavy atom. The molecule has 1 aliphatic heterocycles. The van der Waals surface area contributed by atoms with E-state index < -0.39 is 14.8 Å². The Hall–Kier alpha value is -3.30. The van der Waals surface area contributed by atoms with Crippen LogP contribution in [0.2, 0.25) is 0 Å². The molecule has 0 unspecified atom stereocenters. The molecule has 4 rings (SSSR count). The van der Waals surface area contributed by atoms with E-state index in [0.29, 0.717) is 12.8 Å². The molecular formula is C20H22MnN4O6. The zero-order chi connectivity index (χ0) is 23.0. The van der Waals surface area contributed by atoms with E-state index in [1.54, 1.807) is 18.3 Å². The van der Waals surface area contributed by atoms with Crippen LogP contribution in [0.15, 0.2) is 36.5 Å². The second-order valence-electron chi connectivity index (χ2n) is 6.65. The van der Waals surface area contributed by atoms with Gasteiger partial charge in [0.2, 0.25) is 0 Å². The van der Waals surface area contributed by atoms with Crippen LogP contribution in [-0.2, 0) is 41.8 Å². The van der Waals surface area contributed by atoms with Gasteiger partial charge in [-0.05, 0) is 43.0 Å². The Morgan fingerprint density at radius 2 is 1.55 bits per heavy atom. The number of nitrogens with one attached hydrogen (secondary N) is 2. The molecule has 0 bridgehead atoms. The quantitative estimate of drug-likeness (QED) is 0.324. The van der Waals surface area contributed by atoms with Crippen LogP contribution in [0.1, 0.15) is 30.5 Å². The molecule has 0 spiro atoms. The number of benzene rings is 2. The van der Waals surface area contributed by atoms with Crippen molar-refractivity contribution in [2.45, 2.75) is 33.1 Å². The Balaban J connectivity index is 0.000000196. The second-order valence-corrected chi connectivity index (χ2v) is 6.84. The number of aromatic amines is 1. The van der Waals surface area contributed by atoms with Crippen molar-refractivity contribution in [3.05, 3.63) is 73.4 Å². The zero-order valence-electron chi connectivity index (χ0n) is 17.0. The molecule has 0 atom stereocenters. The molecule has 165 valence electrons. The number of nitro benzene ring substituents is 2. The third-order valence-electron chi connectivity index (χ3n) is 4.92. The number of anilines is 1. The van der Waals surface area contributed by atoms with Crippen LogP contribution < -0.4 is 5.32 Å². The van der Waals surface area contributed by atoms with Gasteiger partial charge in [0.15, 0.2) is 0 Å². The van der Waals surface area contributed by atoms with Gasteiger partial charge in [0.25, 0.3) is 11.4 Å². The molecule has 0 aliphatic carbocycles. The number of aromatic nitrogens is 1. The van der Waals surface area contributed by atoms with Crippen molar-refractivity contribution in [2.24, 2.45) is 0 Å². The minimum atomic E-state index is -1.44. The van der Waals surface area contributed by atoms with Crippen LogP contribution in [-0.4, -0.2) is 21.4 Å². The van der Waals surface area contributed by atoms with Crippen LogP contribution in [0.3, 0.4) is 0 Å². The second kappa shape index (κ2) is 11.2. The molecule has 31 heavy (non-hydrogen) atoms. The summed E-state index contributed by atoms with van der Waals surface area (Å²) in [6.07, 6.45) is 4.15. The van der Waals surface area contributed by atoms with E-state index in [1.165, 1.54) is 5.56 Å². The van der Waals surface area contributed by atoms with Crippen LogP contribution in [0.5, 0.6) is 0 Å². The number of nitro groups is 2. The monoisotopic (exact) mass is 469 g/mol. The van der Waals surface area contributed by atoms with Gasteiger partial charge in [-0.1, -0.05) is 13.8 Å². The van der Waals surface area contributed by atoms with E-state index in [1.807, 2.05) is 32.0 Å². The molecule has 1 aliphatic rings. The van der Waals surface area contributed by atoms with Crippen molar-refractivity contribution in [1.29, 1.82) is 0 Å². The van der Waals surface area contributed by atoms with Crippen molar-refractivity contribution in [2.75, 3.05) is 11.9 Å². The fourth-order valence-electron chi connectivity index (χ4n) is 3.43. The summed E-state index contributed by atoms with van der Waals surface area (Å²) in [7, 11) is 0. The van der Waals surface area contributed by atoms with Gasteiger partial charge in [0, 0.05) is 47.1 Å². The molecule has 0 radical (unpaired) electrons. The number of rotatable bonds is 4. The van der Waals surface area contributed by atoms with Gasteiger partial charge in [-0.2, -0.15) is 0 Å². The molecule has 2 aromatic carbocycles. The van der Waals surface area contributed by atoms with Crippen molar-refractivity contribution in [1.82, 2.24) is 4.98 Å². The standard InChI is InChI=1S/C10H12N2O2.C10H10N2O2.Mn.2O/c2*1-2-7-5-8-3-4-11-9(8)6-10(7)12(13)14;;;/h5-6,11H,2-4H2,1H3;3-6,11H,2H2,1H3;;;. The van der Waals surface area contributed by atoms with E-state index in [4.69, 9.17) is 7.67 Å². The minimum absolute atomic E-state index is 0.197. The van der Waals surface area contributed by atoms with E-state index in [2.05, 4.69) is 10.3 Å². The molecule has 11 heteroatoms. The zero-order valence-corrected chi connectivity index (χ0v) is 18.2. The first-order chi connectivity index (χ1) is 14.9. The number of fused-ring (bicyclic) bond motifs is 2. The van der Waals surface area contributed by atoms with Crippen molar-refractivity contribution in [3.8, 4) is 0 Å². The van der Waals surface area contributed by atoms with Gasteiger partial charge in [-0.3, -0.25) is 20.2 Å². The summed E-state index contributed by atoms with van der Waals surface area (Å²) in [6.45, 7) is 4.75. The van der Waals surface area contributed by atoms with Crippen molar-refractivity contribution in [3.63, 3.8) is 0 Å². The summed E-state index contributed by atoms with van der Waals surface area (Å²) in [5.41, 5.74) is 4.98. The molecule has 10 nitrogen and oxygen atoms in total. The molecule has 2 heterocycles. The number of nitrogens with zero attached hydrogens (tertiary/aromatic N) is 2. The topological polar surface area (TPSA) is 148 Å². The summed E-state index contributed by atoms with van der Waals surface area (Å²) >= 11 is -1.44. The van der Waals surface area contributed by atoms with E-state index in [9.17, 15) is 20.2 Å². The molecule has 1 aromatic heterocycles. The molecule has 3 aromatic rings. The third kappa shape index (κ3) is 5.86. The van der Waals surface area contributed by atoms with Gasteiger partial charge < -0.3 is 10.3 Å². The van der Waals surface area contributed by atoms with Crippen molar-refractivity contribution >= 4 is 28.0 Å². The first kappa shape index (κ1) is 24.0. The van der Waals surface area contributed by atoms with Gasteiger partial charge in [-0.25, -0.2) is 0 Å². The molecule has 0 saturated carbocycles. The fraction of sp³-hybridized carbons (Fsp3) is 0.300. The first-order valence-corrected chi connectivity index (χ1v) is 10.5. The van der Waals surface area contributed by atoms with Crippen LogP contribution >= 0.6 is 0 Å². The predicted molar refractivity (Wildman–Crippen MR) is 110 cm³/mol. The summed E-state index contributed by atoms with van der Waals surface area (Å²) in [4.78, 5) is 23.8. The Bertz CT molecular complexity index is 1140. The molecule has 0 fully saturated rings. The Labute approximate surface area is 183 Å². The Morgan fingerprint density at radius 3 is 2.13 bits per heavy atom. The third-order valence-corrected chi connectivity index (χ3v) is 4.92. The summed E-state index contributed by atoms with van der Waals surface area (Å²) < 4.78 is 16.8. The average Bonchev–Trinajstić information content (AvgIpc) is 3.40. The SMILES string of the molecule is CCc1cc2c(cc1[N+](=O)[O-])NCC2.CCc1cc2cc[nH]c2cc1[N+](=O)[O-].[O]=[Mn]=[O]. The summed E-state index contributed by atoms with van der Waals surface area (Å²) in [5.74, 6) is 0.